The van der Waals surface area contributed by atoms with Crippen LogP contribution in [0, 0.1) is 0 Å². The van der Waals surface area contributed by atoms with Gasteiger partial charge in [0, 0.05) is 5.56 Å². The molecule has 2 aromatic carbocycles. The number of carbonyl (C=O) groups is 2. The van der Waals surface area contributed by atoms with Crippen molar-refractivity contribution in [1.29, 1.82) is 0 Å². The monoisotopic (exact) mass is 339 g/mol. The molecule has 25 heavy (non-hydrogen) atoms. The first kappa shape index (κ1) is 16.5. The van der Waals surface area contributed by atoms with Crippen LogP contribution in [0.3, 0.4) is 0 Å². The summed E-state index contributed by atoms with van der Waals surface area (Å²) < 4.78 is 6.26. The number of hydrogen-bond donors (Lipinski definition) is 2. The quantitative estimate of drug-likeness (QED) is 0.706. The Morgan fingerprint density at radius 2 is 1.76 bits per heavy atom. The molecule has 0 bridgehead atoms. The van der Waals surface area contributed by atoms with Gasteiger partial charge in [-0.2, -0.15) is 0 Å². The highest BCUT2D eigenvalue weighted by Gasteiger charge is 2.13. The van der Waals surface area contributed by atoms with E-state index in [1.807, 2.05) is 19.1 Å². The van der Waals surface area contributed by atoms with Crippen LogP contribution >= 0.6 is 0 Å². The molecule has 0 aliphatic carbocycles. The third-order valence-corrected chi connectivity index (χ3v) is 3.82. The van der Waals surface area contributed by atoms with E-state index in [9.17, 15) is 14.4 Å². The highest BCUT2D eigenvalue weighted by Crippen LogP contribution is 2.11. The Hall–Kier alpha value is -3.35. The minimum absolute atomic E-state index is 0.259. The molecule has 3 aromatic rings. The van der Waals surface area contributed by atoms with E-state index in [4.69, 9.17) is 4.42 Å². The Morgan fingerprint density at radius 1 is 1.04 bits per heavy atom. The lowest BCUT2D eigenvalue weighted by Crippen LogP contribution is -2.43. The average molecular weight is 339 g/mol. The smallest absolute Gasteiger partial charge is 0.408 e. The first-order chi connectivity index (χ1) is 12.1. The average Bonchev–Trinajstić information content (AvgIpc) is 2.95. The predicted molar refractivity (Wildman–Crippen MR) is 91.9 cm³/mol. The van der Waals surface area contributed by atoms with E-state index >= 15 is 0 Å². The summed E-state index contributed by atoms with van der Waals surface area (Å²) in [5.74, 6) is -1.59. The van der Waals surface area contributed by atoms with Gasteiger partial charge in [-0.1, -0.05) is 31.2 Å². The van der Waals surface area contributed by atoms with Crippen LogP contribution in [0.15, 0.2) is 57.7 Å². The van der Waals surface area contributed by atoms with Gasteiger partial charge < -0.3 is 4.42 Å². The number of oxazole rings is 1. The van der Waals surface area contributed by atoms with Gasteiger partial charge in [-0.15, -0.1) is 0 Å². The van der Waals surface area contributed by atoms with Crippen molar-refractivity contribution >= 4 is 22.9 Å². The number of fused-ring (bicyclic) bond motifs is 1. The van der Waals surface area contributed by atoms with Crippen LogP contribution in [0.4, 0.5) is 0 Å². The fourth-order valence-electron chi connectivity index (χ4n) is 2.44. The third-order valence-electron chi connectivity index (χ3n) is 3.82. The van der Waals surface area contributed by atoms with Crippen molar-refractivity contribution in [2.45, 2.75) is 19.9 Å². The normalized spacial score (nSPS) is 10.6. The molecule has 0 atom stereocenters. The van der Waals surface area contributed by atoms with Gasteiger partial charge >= 0.3 is 5.76 Å². The number of carbonyl (C=O) groups excluding carboxylic acids is 2. The summed E-state index contributed by atoms with van der Waals surface area (Å²) in [7, 11) is 0. The van der Waals surface area contributed by atoms with E-state index < -0.39 is 17.6 Å². The number of para-hydroxylation sites is 2. The van der Waals surface area contributed by atoms with Crippen LogP contribution in [0.2, 0.25) is 0 Å². The summed E-state index contributed by atoms with van der Waals surface area (Å²) in [4.78, 5) is 35.9. The molecule has 7 heteroatoms. The molecule has 1 aromatic heterocycles. The number of amides is 2. The molecule has 128 valence electrons. The Bertz CT molecular complexity index is 970. The highest BCUT2D eigenvalue weighted by atomic mass is 16.4. The standard InChI is InChI=1S/C18H17N3O4/c1-2-12-7-9-13(10-8-12)17(23)20-19-16(22)11-21-14-5-3-4-6-15(14)25-18(21)24/h3-10H,2,11H2,1H3,(H,19,22)(H,20,23). The molecule has 0 aliphatic rings. The summed E-state index contributed by atoms with van der Waals surface area (Å²) in [5, 5.41) is 0. The van der Waals surface area contributed by atoms with Crippen molar-refractivity contribution in [3.8, 4) is 0 Å². The molecular formula is C18H17N3O4. The fourth-order valence-corrected chi connectivity index (χ4v) is 2.44. The molecule has 2 N–H and O–H groups in total. The van der Waals surface area contributed by atoms with Crippen molar-refractivity contribution in [1.82, 2.24) is 15.4 Å². The van der Waals surface area contributed by atoms with Crippen LogP contribution in [0.25, 0.3) is 11.1 Å². The van der Waals surface area contributed by atoms with E-state index in [1.165, 1.54) is 4.57 Å². The molecule has 7 nitrogen and oxygen atoms in total. The molecule has 0 saturated carbocycles. The van der Waals surface area contributed by atoms with Crippen molar-refractivity contribution in [3.63, 3.8) is 0 Å². The minimum Gasteiger partial charge on any atom is -0.408 e. The lowest BCUT2D eigenvalue weighted by atomic mass is 10.1. The van der Waals surface area contributed by atoms with Crippen molar-refractivity contribution in [2.75, 3.05) is 0 Å². The van der Waals surface area contributed by atoms with Crippen LogP contribution in [-0.2, 0) is 17.8 Å². The molecular weight excluding hydrogens is 322 g/mol. The Kier molecular flexibility index (Phi) is 4.65. The Balaban J connectivity index is 1.63. The number of hydrazine groups is 1. The molecule has 0 spiro atoms. The first-order valence-corrected chi connectivity index (χ1v) is 7.85. The molecule has 3 rings (SSSR count). The summed E-state index contributed by atoms with van der Waals surface area (Å²) in [6.07, 6.45) is 0.881. The topological polar surface area (TPSA) is 93.3 Å². The zero-order valence-electron chi connectivity index (χ0n) is 13.6. The second-order valence-corrected chi connectivity index (χ2v) is 5.47. The molecule has 0 fully saturated rings. The van der Waals surface area contributed by atoms with E-state index in [0.717, 1.165) is 12.0 Å². The zero-order chi connectivity index (χ0) is 17.8. The van der Waals surface area contributed by atoms with Gasteiger partial charge in [-0.05, 0) is 36.2 Å². The number of hydrogen-bond acceptors (Lipinski definition) is 4. The third kappa shape index (κ3) is 3.60. The molecule has 0 saturated heterocycles. The van der Waals surface area contributed by atoms with E-state index in [1.54, 1.807) is 36.4 Å². The van der Waals surface area contributed by atoms with Gasteiger partial charge in [0.1, 0.15) is 6.54 Å². The number of aryl methyl sites for hydroxylation is 1. The van der Waals surface area contributed by atoms with Gasteiger partial charge in [-0.3, -0.25) is 25.0 Å². The number of nitrogens with zero attached hydrogens (tertiary/aromatic N) is 1. The maximum atomic E-state index is 12.0. The van der Waals surface area contributed by atoms with E-state index in [0.29, 0.717) is 16.7 Å². The van der Waals surface area contributed by atoms with Crippen LogP contribution in [-0.4, -0.2) is 16.4 Å². The summed E-state index contributed by atoms with van der Waals surface area (Å²) in [6, 6.07) is 13.9. The SMILES string of the molecule is CCc1ccc(C(=O)NNC(=O)Cn2c(=O)oc3ccccc32)cc1. The number of aromatic nitrogens is 1. The van der Waals surface area contributed by atoms with Crippen molar-refractivity contribution < 1.29 is 14.0 Å². The van der Waals surface area contributed by atoms with Gasteiger partial charge in [0.15, 0.2) is 5.58 Å². The van der Waals surface area contributed by atoms with Crippen LogP contribution < -0.4 is 16.6 Å². The molecule has 2 amide bonds. The lowest BCUT2D eigenvalue weighted by molar-refractivity contribution is -0.122. The summed E-state index contributed by atoms with van der Waals surface area (Å²) in [5.41, 5.74) is 7.10. The second-order valence-electron chi connectivity index (χ2n) is 5.47. The maximum Gasteiger partial charge on any atom is 0.420 e. The first-order valence-electron chi connectivity index (χ1n) is 7.85. The van der Waals surface area contributed by atoms with Gasteiger partial charge in [0.05, 0.1) is 5.52 Å². The van der Waals surface area contributed by atoms with Gasteiger partial charge in [0.25, 0.3) is 11.8 Å². The molecule has 0 radical (unpaired) electrons. The molecule has 1 heterocycles. The predicted octanol–water partition coefficient (Wildman–Crippen LogP) is 1.62. The second kappa shape index (κ2) is 7.04. The Morgan fingerprint density at radius 3 is 2.48 bits per heavy atom. The van der Waals surface area contributed by atoms with Crippen LogP contribution in [0.1, 0.15) is 22.8 Å². The van der Waals surface area contributed by atoms with E-state index in [-0.39, 0.29) is 6.54 Å². The van der Waals surface area contributed by atoms with E-state index in [2.05, 4.69) is 10.9 Å². The largest absolute Gasteiger partial charge is 0.420 e. The van der Waals surface area contributed by atoms with Crippen molar-refractivity contribution in [3.05, 3.63) is 70.2 Å². The zero-order valence-corrected chi connectivity index (χ0v) is 13.6. The number of nitrogens with one attached hydrogen (secondary N) is 2. The number of rotatable bonds is 4. The Labute approximate surface area is 143 Å². The molecule has 0 unspecified atom stereocenters. The maximum absolute atomic E-state index is 12.0. The van der Waals surface area contributed by atoms with Gasteiger partial charge in [-0.25, -0.2) is 4.79 Å². The fraction of sp³-hybridized carbons (Fsp3) is 0.167. The lowest BCUT2D eigenvalue weighted by Gasteiger charge is -2.08. The molecule has 0 aliphatic heterocycles. The number of benzene rings is 2. The van der Waals surface area contributed by atoms with Crippen LogP contribution in [0.5, 0.6) is 0 Å². The summed E-state index contributed by atoms with van der Waals surface area (Å²) in [6.45, 7) is 1.77. The van der Waals surface area contributed by atoms with Gasteiger partial charge in [0.2, 0.25) is 0 Å². The van der Waals surface area contributed by atoms with Crippen molar-refractivity contribution in [2.24, 2.45) is 0 Å². The highest BCUT2D eigenvalue weighted by molar-refractivity contribution is 5.95. The minimum atomic E-state index is -0.627. The summed E-state index contributed by atoms with van der Waals surface area (Å²) >= 11 is 0.